The maximum Gasteiger partial charge on any atom is 0.345 e. The van der Waals surface area contributed by atoms with Gasteiger partial charge in [0.15, 0.2) is 11.2 Å². The Morgan fingerprint density at radius 1 is 1.60 bits per heavy atom. The highest BCUT2D eigenvalue weighted by atomic mass is 16.5. The molecule has 0 spiro atoms. The molecule has 0 aliphatic heterocycles. The van der Waals surface area contributed by atoms with Gasteiger partial charge < -0.3 is 9.84 Å². The molecule has 6 heteroatoms. The van der Waals surface area contributed by atoms with Crippen LogP contribution in [0, 0.1) is 6.92 Å². The molecule has 0 amide bonds. The van der Waals surface area contributed by atoms with Crippen LogP contribution >= 0.6 is 0 Å². The van der Waals surface area contributed by atoms with Gasteiger partial charge in [-0.1, -0.05) is 0 Å². The molecule has 2 rings (SSSR count). The standard InChI is InChI=1S/C9H9N3O3/c1-5-3-4-10-7-6(9(13)14)8(15-2)11-12(5)7/h3-4H,1-2H3,(H,13,14). The first-order chi connectivity index (χ1) is 7.15. The lowest BCUT2D eigenvalue weighted by Gasteiger charge is -1.95. The molecule has 2 aromatic heterocycles. The molecule has 0 saturated heterocycles. The van der Waals surface area contributed by atoms with Crippen LogP contribution in [0.15, 0.2) is 12.3 Å². The van der Waals surface area contributed by atoms with Crippen molar-refractivity contribution < 1.29 is 14.6 Å². The number of fused-ring (bicyclic) bond motifs is 1. The molecule has 2 aromatic rings. The van der Waals surface area contributed by atoms with Crippen molar-refractivity contribution in [2.24, 2.45) is 0 Å². The number of ether oxygens (including phenoxy) is 1. The third-order valence-corrected chi connectivity index (χ3v) is 2.08. The Morgan fingerprint density at radius 3 is 2.93 bits per heavy atom. The number of hydrogen-bond donors (Lipinski definition) is 1. The molecule has 1 N–H and O–H groups in total. The highest BCUT2D eigenvalue weighted by Crippen LogP contribution is 2.21. The van der Waals surface area contributed by atoms with E-state index in [1.165, 1.54) is 17.8 Å². The molecule has 78 valence electrons. The largest absolute Gasteiger partial charge is 0.479 e. The van der Waals surface area contributed by atoms with Crippen LogP contribution < -0.4 is 4.74 Å². The van der Waals surface area contributed by atoms with Crippen molar-refractivity contribution in [3.8, 4) is 5.88 Å². The molecule has 0 atom stereocenters. The number of nitrogens with zero attached hydrogens (tertiary/aromatic N) is 3. The second-order valence-corrected chi connectivity index (χ2v) is 3.01. The summed E-state index contributed by atoms with van der Waals surface area (Å²) in [5.41, 5.74) is 1.08. The summed E-state index contributed by atoms with van der Waals surface area (Å²) < 4.78 is 6.34. The minimum absolute atomic E-state index is 0.0128. The van der Waals surface area contributed by atoms with Gasteiger partial charge in [-0.15, -0.1) is 5.10 Å². The zero-order chi connectivity index (χ0) is 11.0. The summed E-state index contributed by atoms with van der Waals surface area (Å²) in [5.74, 6) is -1.02. The van der Waals surface area contributed by atoms with Crippen LogP contribution in [0.2, 0.25) is 0 Å². The van der Waals surface area contributed by atoms with Crippen LogP contribution in [0.5, 0.6) is 5.88 Å². The van der Waals surface area contributed by atoms with Crippen molar-refractivity contribution >= 4 is 11.6 Å². The lowest BCUT2D eigenvalue weighted by molar-refractivity contribution is 0.0695. The zero-order valence-electron chi connectivity index (χ0n) is 8.26. The Bertz CT molecular complexity index is 533. The van der Waals surface area contributed by atoms with E-state index in [9.17, 15) is 4.79 Å². The number of carbonyl (C=O) groups is 1. The van der Waals surface area contributed by atoms with Crippen LogP contribution in [0.3, 0.4) is 0 Å². The molecule has 6 nitrogen and oxygen atoms in total. The van der Waals surface area contributed by atoms with Crippen molar-refractivity contribution in [1.29, 1.82) is 0 Å². The fraction of sp³-hybridized carbons (Fsp3) is 0.222. The van der Waals surface area contributed by atoms with Gasteiger partial charge in [0, 0.05) is 11.9 Å². The zero-order valence-corrected chi connectivity index (χ0v) is 8.26. The molecule has 0 bridgehead atoms. The van der Waals surface area contributed by atoms with Gasteiger partial charge in [-0.05, 0) is 13.0 Å². The highest BCUT2D eigenvalue weighted by Gasteiger charge is 2.21. The first-order valence-electron chi connectivity index (χ1n) is 4.26. The second-order valence-electron chi connectivity index (χ2n) is 3.01. The Morgan fingerprint density at radius 2 is 2.33 bits per heavy atom. The van der Waals surface area contributed by atoms with Crippen LogP contribution in [-0.2, 0) is 0 Å². The van der Waals surface area contributed by atoms with Gasteiger partial charge in [-0.3, -0.25) is 0 Å². The fourth-order valence-electron chi connectivity index (χ4n) is 1.37. The molecule has 0 fully saturated rings. The van der Waals surface area contributed by atoms with Gasteiger partial charge in [0.2, 0.25) is 5.88 Å². The predicted octanol–water partition coefficient (Wildman–Crippen LogP) is 0.745. The third-order valence-electron chi connectivity index (χ3n) is 2.08. The summed E-state index contributed by atoms with van der Waals surface area (Å²) in [5, 5.41) is 13.0. The van der Waals surface area contributed by atoms with Crippen molar-refractivity contribution in [2.45, 2.75) is 6.92 Å². The van der Waals surface area contributed by atoms with E-state index in [0.717, 1.165) is 5.69 Å². The normalized spacial score (nSPS) is 10.5. The maximum atomic E-state index is 11.0. The topological polar surface area (TPSA) is 76.7 Å². The molecule has 0 aromatic carbocycles. The van der Waals surface area contributed by atoms with E-state index >= 15 is 0 Å². The summed E-state index contributed by atoms with van der Waals surface area (Å²) in [4.78, 5) is 15.0. The van der Waals surface area contributed by atoms with Crippen LogP contribution in [-0.4, -0.2) is 32.8 Å². The smallest absolute Gasteiger partial charge is 0.345 e. The molecule has 0 aliphatic rings. The minimum atomic E-state index is -1.10. The number of carboxylic acid groups (broad SMARTS) is 1. The quantitative estimate of drug-likeness (QED) is 0.786. The molecule has 0 aliphatic carbocycles. The van der Waals surface area contributed by atoms with Gasteiger partial charge in [-0.2, -0.15) is 0 Å². The molecule has 15 heavy (non-hydrogen) atoms. The van der Waals surface area contributed by atoms with Crippen molar-refractivity contribution in [1.82, 2.24) is 14.6 Å². The molecule has 0 unspecified atom stereocenters. The van der Waals surface area contributed by atoms with Crippen molar-refractivity contribution in [2.75, 3.05) is 7.11 Å². The molecule has 0 radical (unpaired) electrons. The van der Waals surface area contributed by atoms with Gasteiger partial charge in [0.25, 0.3) is 0 Å². The number of rotatable bonds is 2. The summed E-state index contributed by atoms with van der Waals surface area (Å²) in [6, 6.07) is 1.74. The molecule has 0 saturated carbocycles. The average molecular weight is 207 g/mol. The molecular formula is C9H9N3O3. The summed E-state index contributed by atoms with van der Waals surface area (Å²) in [6.07, 6.45) is 1.54. The monoisotopic (exact) mass is 207 g/mol. The summed E-state index contributed by atoms with van der Waals surface area (Å²) >= 11 is 0. The Hall–Kier alpha value is -2.11. The number of hydrogen-bond acceptors (Lipinski definition) is 4. The van der Waals surface area contributed by atoms with E-state index in [0.29, 0.717) is 5.65 Å². The Labute approximate surface area is 85.1 Å². The predicted molar refractivity (Wildman–Crippen MR) is 51.2 cm³/mol. The second kappa shape index (κ2) is 3.23. The first-order valence-corrected chi connectivity index (χ1v) is 4.26. The third kappa shape index (κ3) is 1.30. The van der Waals surface area contributed by atoms with Crippen LogP contribution in [0.25, 0.3) is 5.65 Å². The van der Waals surface area contributed by atoms with Crippen LogP contribution in [0.4, 0.5) is 0 Å². The van der Waals surface area contributed by atoms with E-state index in [4.69, 9.17) is 9.84 Å². The van der Waals surface area contributed by atoms with Gasteiger partial charge in [0.1, 0.15) is 0 Å². The number of methoxy groups -OCH3 is 1. The molecular weight excluding hydrogens is 198 g/mol. The maximum absolute atomic E-state index is 11.0. The summed E-state index contributed by atoms with van der Waals surface area (Å²) in [7, 11) is 1.38. The fourth-order valence-corrected chi connectivity index (χ4v) is 1.37. The van der Waals surface area contributed by atoms with Crippen LogP contribution in [0.1, 0.15) is 16.1 Å². The molecule has 2 heterocycles. The lowest BCUT2D eigenvalue weighted by atomic mass is 10.3. The van der Waals surface area contributed by atoms with Crippen molar-refractivity contribution in [3.63, 3.8) is 0 Å². The van der Waals surface area contributed by atoms with E-state index in [1.807, 2.05) is 6.92 Å². The SMILES string of the molecule is COc1nn2c(C)ccnc2c1C(=O)O. The van der Waals surface area contributed by atoms with Gasteiger partial charge >= 0.3 is 5.97 Å². The van der Waals surface area contributed by atoms with Gasteiger partial charge in [-0.25, -0.2) is 14.3 Å². The van der Waals surface area contributed by atoms with E-state index in [1.54, 1.807) is 6.07 Å². The van der Waals surface area contributed by atoms with Gasteiger partial charge in [0.05, 0.1) is 7.11 Å². The van der Waals surface area contributed by atoms with E-state index < -0.39 is 5.97 Å². The van der Waals surface area contributed by atoms with E-state index in [2.05, 4.69) is 10.1 Å². The first kappa shape index (κ1) is 9.45. The summed E-state index contributed by atoms with van der Waals surface area (Å²) in [6.45, 7) is 1.81. The highest BCUT2D eigenvalue weighted by molar-refractivity contribution is 5.97. The number of aromatic carboxylic acids is 1. The van der Waals surface area contributed by atoms with E-state index in [-0.39, 0.29) is 11.4 Å². The van der Waals surface area contributed by atoms with Crippen molar-refractivity contribution in [3.05, 3.63) is 23.5 Å². The lowest BCUT2D eigenvalue weighted by Crippen LogP contribution is -2.00. The Kier molecular flexibility index (Phi) is 2.03. The number of carboxylic acids is 1. The Balaban J connectivity index is 2.86. The number of aromatic nitrogens is 3. The average Bonchev–Trinajstić information content (AvgIpc) is 2.57. The number of aryl methyl sites for hydroxylation is 1. The minimum Gasteiger partial charge on any atom is -0.479 e.